The number of H-pyrrole nitrogens is 1. The van der Waals surface area contributed by atoms with Crippen molar-refractivity contribution in [2.45, 2.75) is 0 Å². The molecule has 2 rings (SSSR count). The molecular formula is C9H9BN4O3. The summed E-state index contributed by atoms with van der Waals surface area (Å²) < 4.78 is 0. The molecule has 0 fully saturated rings. The van der Waals surface area contributed by atoms with Crippen LogP contribution in [0.1, 0.15) is 10.5 Å². The zero-order valence-electron chi connectivity index (χ0n) is 8.66. The van der Waals surface area contributed by atoms with Gasteiger partial charge in [0.15, 0.2) is 5.69 Å². The molecule has 0 spiro atoms. The number of hydrogen-bond donors (Lipinski definition) is 4. The number of carbonyl (C=O) groups excluding carboxylic acids is 1. The number of benzene rings is 1. The number of nitrogens with two attached hydrogens (primary N) is 1. The first-order valence-electron chi connectivity index (χ1n) is 4.76. The van der Waals surface area contributed by atoms with Crippen LogP contribution in [0.3, 0.4) is 0 Å². The molecule has 5 N–H and O–H groups in total. The third kappa shape index (κ3) is 2.17. The predicted molar refractivity (Wildman–Crippen MR) is 60.2 cm³/mol. The lowest BCUT2D eigenvalue weighted by molar-refractivity contribution is 0.0996. The van der Waals surface area contributed by atoms with Gasteiger partial charge in [-0.05, 0) is 5.46 Å². The van der Waals surface area contributed by atoms with Gasteiger partial charge in [-0.25, -0.2) is 0 Å². The van der Waals surface area contributed by atoms with E-state index in [9.17, 15) is 4.79 Å². The van der Waals surface area contributed by atoms with E-state index in [1.165, 1.54) is 12.1 Å². The van der Waals surface area contributed by atoms with E-state index in [-0.39, 0.29) is 5.69 Å². The molecule has 0 aliphatic carbocycles. The summed E-state index contributed by atoms with van der Waals surface area (Å²) in [7, 11) is -1.53. The maximum atomic E-state index is 11.1. The molecule has 0 atom stereocenters. The number of aromatic amines is 1. The molecule has 0 unspecified atom stereocenters. The standard InChI is InChI=1S/C9H9BN4O3/c11-9(15)8-7(12-14-13-8)5-1-3-6(4-2-5)10(16)17/h1-4,16-17H,(H2,11,15)(H,12,13,14). The Balaban J connectivity index is 2.40. The van der Waals surface area contributed by atoms with Gasteiger partial charge in [0.1, 0.15) is 5.69 Å². The maximum Gasteiger partial charge on any atom is 0.488 e. The van der Waals surface area contributed by atoms with E-state index >= 15 is 0 Å². The minimum atomic E-state index is -1.53. The van der Waals surface area contributed by atoms with Crippen molar-refractivity contribution in [2.75, 3.05) is 0 Å². The number of primary amides is 1. The highest BCUT2D eigenvalue weighted by molar-refractivity contribution is 6.58. The highest BCUT2D eigenvalue weighted by Gasteiger charge is 2.16. The highest BCUT2D eigenvalue weighted by Crippen LogP contribution is 2.17. The molecule has 0 aliphatic heterocycles. The van der Waals surface area contributed by atoms with Crippen molar-refractivity contribution in [3.63, 3.8) is 0 Å². The van der Waals surface area contributed by atoms with Crippen LogP contribution >= 0.6 is 0 Å². The number of nitrogens with zero attached hydrogens (tertiary/aromatic N) is 2. The molecule has 0 radical (unpaired) electrons. The molecule has 1 heterocycles. The lowest BCUT2D eigenvalue weighted by atomic mass is 9.80. The van der Waals surface area contributed by atoms with Gasteiger partial charge in [-0.2, -0.15) is 15.4 Å². The fourth-order valence-electron chi connectivity index (χ4n) is 1.42. The van der Waals surface area contributed by atoms with Crippen LogP contribution in [0.5, 0.6) is 0 Å². The van der Waals surface area contributed by atoms with Gasteiger partial charge in [-0.15, -0.1) is 0 Å². The zero-order valence-corrected chi connectivity index (χ0v) is 8.66. The van der Waals surface area contributed by atoms with Crippen molar-refractivity contribution in [2.24, 2.45) is 5.73 Å². The fourth-order valence-corrected chi connectivity index (χ4v) is 1.42. The summed E-state index contributed by atoms with van der Waals surface area (Å²) in [5, 5.41) is 27.6. The number of rotatable bonds is 3. The molecule has 7 nitrogen and oxygen atoms in total. The number of carbonyl (C=O) groups is 1. The van der Waals surface area contributed by atoms with E-state index in [1.807, 2.05) is 0 Å². The van der Waals surface area contributed by atoms with Crippen LogP contribution < -0.4 is 11.2 Å². The third-order valence-electron chi connectivity index (χ3n) is 2.26. The summed E-state index contributed by atoms with van der Waals surface area (Å²) in [6, 6.07) is 6.22. The Kier molecular flexibility index (Phi) is 2.90. The molecule has 1 aromatic heterocycles. The maximum absolute atomic E-state index is 11.1. The second-order valence-corrected chi connectivity index (χ2v) is 3.38. The van der Waals surface area contributed by atoms with Gasteiger partial charge in [-0.1, -0.05) is 24.3 Å². The largest absolute Gasteiger partial charge is 0.488 e. The monoisotopic (exact) mass is 232 g/mol. The highest BCUT2D eigenvalue weighted by atomic mass is 16.4. The molecule has 8 heteroatoms. The number of aromatic nitrogens is 3. The summed E-state index contributed by atoms with van der Waals surface area (Å²) in [6.07, 6.45) is 0. The first kappa shape index (κ1) is 11.3. The van der Waals surface area contributed by atoms with Crippen molar-refractivity contribution < 1.29 is 14.8 Å². The second kappa shape index (κ2) is 4.36. The number of nitrogens with one attached hydrogen (secondary N) is 1. The van der Waals surface area contributed by atoms with Crippen LogP contribution in [0, 0.1) is 0 Å². The normalized spacial score (nSPS) is 10.2. The molecule has 0 saturated carbocycles. The average molecular weight is 232 g/mol. The van der Waals surface area contributed by atoms with E-state index in [0.717, 1.165) is 0 Å². The van der Waals surface area contributed by atoms with Gasteiger partial charge in [0, 0.05) is 5.56 Å². The van der Waals surface area contributed by atoms with Crippen molar-refractivity contribution in [3.8, 4) is 11.3 Å². The van der Waals surface area contributed by atoms with Crippen LogP contribution in [0.4, 0.5) is 0 Å². The van der Waals surface area contributed by atoms with Gasteiger partial charge < -0.3 is 15.8 Å². The summed E-state index contributed by atoms with van der Waals surface area (Å²) in [5.74, 6) is -0.681. The van der Waals surface area contributed by atoms with Crippen LogP contribution in [0.15, 0.2) is 24.3 Å². The fraction of sp³-hybridized carbons (Fsp3) is 0. The predicted octanol–water partition coefficient (Wildman–Crippen LogP) is -1.75. The molecule has 1 aromatic carbocycles. The summed E-state index contributed by atoms with van der Waals surface area (Å²) in [5.41, 5.74) is 6.46. The Hall–Kier alpha value is -2.19. The summed E-state index contributed by atoms with van der Waals surface area (Å²) in [6.45, 7) is 0. The van der Waals surface area contributed by atoms with E-state index in [1.54, 1.807) is 12.1 Å². The first-order chi connectivity index (χ1) is 8.09. The summed E-state index contributed by atoms with van der Waals surface area (Å²) in [4.78, 5) is 11.1. The van der Waals surface area contributed by atoms with Crippen LogP contribution in [0.25, 0.3) is 11.3 Å². The van der Waals surface area contributed by atoms with Gasteiger partial charge in [0.2, 0.25) is 0 Å². The van der Waals surface area contributed by atoms with E-state index in [4.69, 9.17) is 15.8 Å². The van der Waals surface area contributed by atoms with Gasteiger partial charge in [-0.3, -0.25) is 4.79 Å². The van der Waals surface area contributed by atoms with Crippen molar-refractivity contribution in [1.82, 2.24) is 15.4 Å². The first-order valence-corrected chi connectivity index (χ1v) is 4.76. The molecular weight excluding hydrogens is 223 g/mol. The Labute approximate surface area is 96.4 Å². The van der Waals surface area contributed by atoms with Gasteiger partial charge in [0.05, 0.1) is 0 Å². The Morgan fingerprint density at radius 2 is 1.88 bits per heavy atom. The Morgan fingerprint density at radius 3 is 2.41 bits per heavy atom. The number of amides is 1. The van der Waals surface area contributed by atoms with Crippen molar-refractivity contribution in [3.05, 3.63) is 30.0 Å². The molecule has 0 saturated heterocycles. The minimum absolute atomic E-state index is 0.0438. The smallest absolute Gasteiger partial charge is 0.423 e. The third-order valence-corrected chi connectivity index (χ3v) is 2.26. The molecule has 1 amide bonds. The Bertz CT molecular complexity index is 537. The van der Waals surface area contributed by atoms with E-state index in [0.29, 0.717) is 16.7 Å². The Morgan fingerprint density at radius 1 is 1.24 bits per heavy atom. The van der Waals surface area contributed by atoms with Crippen LogP contribution in [-0.4, -0.2) is 38.5 Å². The molecule has 0 aliphatic rings. The van der Waals surface area contributed by atoms with E-state index < -0.39 is 13.0 Å². The SMILES string of the molecule is NC(=O)c1n[nH]nc1-c1ccc(B(O)O)cc1. The summed E-state index contributed by atoms with van der Waals surface area (Å²) >= 11 is 0. The van der Waals surface area contributed by atoms with Crippen molar-refractivity contribution >= 4 is 18.5 Å². The van der Waals surface area contributed by atoms with Gasteiger partial charge >= 0.3 is 7.12 Å². The minimum Gasteiger partial charge on any atom is -0.423 e. The lowest BCUT2D eigenvalue weighted by Gasteiger charge is -2.01. The quantitative estimate of drug-likeness (QED) is 0.467. The lowest BCUT2D eigenvalue weighted by Crippen LogP contribution is -2.29. The molecule has 2 aromatic rings. The van der Waals surface area contributed by atoms with Crippen LogP contribution in [0.2, 0.25) is 0 Å². The van der Waals surface area contributed by atoms with Gasteiger partial charge in [0.25, 0.3) is 5.91 Å². The molecule has 0 bridgehead atoms. The molecule has 86 valence electrons. The topological polar surface area (TPSA) is 125 Å². The van der Waals surface area contributed by atoms with E-state index in [2.05, 4.69) is 15.4 Å². The van der Waals surface area contributed by atoms with Crippen molar-refractivity contribution in [1.29, 1.82) is 0 Å². The average Bonchev–Trinajstić information content (AvgIpc) is 2.78. The molecule has 17 heavy (non-hydrogen) atoms. The zero-order chi connectivity index (χ0) is 12.4. The second-order valence-electron chi connectivity index (χ2n) is 3.38. The van der Waals surface area contributed by atoms with Crippen LogP contribution in [-0.2, 0) is 0 Å². The number of hydrogen-bond acceptors (Lipinski definition) is 5.